The van der Waals surface area contributed by atoms with Gasteiger partial charge in [-0.2, -0.15) is 0 Å². The molecule has 3 unspecified atom stereocenters. The lowest BCUT2D eigenvalue weighted by Gasteiger charge is -2.50. The van der Waals surface area contributed by atoms with E-state index in [2.05, 4.69) is 16.7 Å². The Balaban J connectivity index is 1.95. The largest absolute Gasteiger partial charge is 0.383 e. The number of rotatable bonds is 6. The van der Waals surface area contributed by atoms with E-state index >= 15 is 0 Å². The van der Waals surface area contributed by atoms with Crippen molar-refractivity contribution in [1.82, 2.24) is 9.80 Å². The van der Waals surface area contributed by atoms with Crippen LogP contribution in [0, 0.1) is 0 Å². The SMILES string of the molecule is COCC(CCCN)N1CC2CCCCN2CC1C. The van der Waals surface area contributed by atoms with Crippen molar-refractivity contribution in [3.63, 3.8) is 0 Å². The summed E-state index contributed by atoms with van der Waals surface area (Å²) < 4.78 is 5.44. The van der Waals surface area contributed by atoms with Crippen LogP contribution in [0.4, 0.5) is 0 Å². The molecule has 2 aliphatic rings. The van der Waals surface area contributed by atoms with Gasteiger partial charge >= 0.3 is 0 Å². The molecule has 0 radical (unpaired) electrons. The Hall–Kier alpha value is -0.160. The predicted molar refractivity (Wildman–Crippen MR) is 79.3 cm³/mol. The molecular weight excluding hydrogens is 238 g/mol. The number of nitrogens with two attached hydrogens (primary N) is 1. The van der Waals surface area contributed by atoms with Crippen LogP contribution in [0.2, 0.25) is 0 Å². The van der Waals surface area contributed by atoms with Gasteiger partial charge in [0.1, 0.15) is 0 Å². The topological polar surface area (TPSA) is 41.7 Å². The Kier molecular flexibility index (Phi) is 6.07. The quantitative estimate of drug-likeness (QED) is 0.789. The second-order valence-corrected chi connectivity index (χ2v) is 6.23. The molecule has 112 valence electrons. The minimum absolute atomic E-state index is 0.549. The molecule has 0 aliphatic carbocycles. The Morgan fingerprint density at radius 3 is 2.89 bits per heavy atom. The van der Waals surface area contributed by atoms with Crippen molar-refractivity contribution < 1.29 is 4.74 Å². The van der Waals surface area contributed by atoms with E-state index in [1.807, 2.05) is 7.11 Å². The zero-order chi connectivity index (χ0) is 13.7. The van der Waals surface area contributed by atoms with Gasteiger partial charge in [-0.1, -0.05) is 6.42 Å². The molecule has 0 bridgehead atoms. The summed E-state index contributed by atoms with van der Waals surface area (Å²) >= 11 is 0. The van der Waals surface area contributed by atoms with Gasteiger partial charge in [0.25, 0.3) is 0 Å². The van der Waals surface area contributed by atoms with E-state index in [0.717, 1.165) is 25.6 Å². The number of fused-ring (bicyclic) bond motifs is 1. The molecule has 2 N–H and O–H groups in total. The van der Waals surface area contributed by atoms with Gasteiger partial charge in [-0.15, -0.1) is 0 Å². The first-order valence-electron chi connectivity index (χ1n) is 7.95. The number of piperazine rings is 1. The van der Waals surface area contributed by atoms with E-state index in [9.17, 15) is 0 Å². The normalized spacial score (nSPS) is 31.1. The zero-order valence-electron chi connectivity index (χ0n) is 12.7. The van der Waals surface area contributed by atoms with Crippen molar-refractivity contribution in [2.24, 2.45) is 5.73 Å². The van der Waals surface area contributed by atoms with E-state index < -0.39 is 0 Å². The third-order valence-corrected chi connectivity index (χ3v) is 4.81. The third-order valence-electron chi connectivity index (χ3n) is 4.81. The molecule has 0 saturated carbocycles. The minimum atomic E-state index is 0.549. The number of hydrogen-bond donors (Lipinski definition) is 1. The van der Waals surface area contributed by atoms with Crippen LogP contribution in [0.3, 0.4) is 0 Å². The molecule has 4 heteroatoms. The Labute approximate surface area is 118 Å². The fourth-order valence-corrected chi connectivity index (χ4v) is 3.77. The molecule has 2 heterocycles. The van der Waals surface area contributed by atoms with E-state index in [-0.39, 0.29) is 0 Å². The molecule has 2 rings (SSSR count). The molecule has 0 spiro atoms. The fraction of sp³-hybridized carbons (Fsp3) is 1.00. The maximum absolute atomic E-state index is 5.68. The van der Waals surface area contributed by atoms with Crippen LogP contribution in [-0.4, -0.2) is 67.8 Å². The van der Waals surface area contributed by atoms with Crippen LogP contribution >= 0.6 is 0 Å². The van der Waals surface area contributed by atoms with Gasteiger partial charge in [-0.3, -0.25) is 9.80 Å². The van der Waals surface area contributed by atoms with Crippen molar-refractivity contribution >= 4 is 0 Å². The summed E-state index contributed by atoms with van der Waals surface area (Å²) in [6.07, 6.45) is 6.44. The van der Waals surface area contributed by atoms with Crippen LogP contribution < -0.4 is 5.73 Å². The maximum atomic E-state index is 5.68. The van der Waals surface area contributed by atoms with Crippen molar-refractivity contribution in [2.75, 3.05) is 39.9 Å². The van der Waals surface area contributed by atoms with Crippen molar-refractivity contribution in [3.05, 3.63) is 0 Å². The highest BCUT2D eigenvalue weighted by Crippen LogP contribution is 2.26. The third kappa shape index (κ3) is 3.91. The Bertz CT molecular complexity index is 262. The molecule has 2 fully saturated rings. The molecule has 0 aromatic rings. The summed E-state index contributed by atoms with van der Waals surface area (Å²) in [4.78, 5) is 5.39. The summed E-state index contributed by atoms with van der Waals surface area (Å²) in [6, 6.07) is 1.97. The van der Waals surface area contributed by atoms with E-state index in [1.165, 1.54) is 45.3 Å². The number of piperidine rings is 1. The highest BCUT2D eigenvalue weighted by Gasteiger charge is 2.35. The molecule has 0 aromatic carbocycles. The zero-order valence-corrected chi connectivity index (χ0v) is 12.7. The first-order chi connectivity index (χ1) is 9.26. The van der Waals surface area contributed by atoms with Crippen molar-refractivity contribution in [1.29, 1.82) is 0 Å². The van der Waals surface area contributed by atoms with Crippen LogP contribution in [0.1, 0.15) is 39.0 Å². The highest BCUT2D eigenvalue weighted by atomic mass is 16.5. The van der Waals surface area contributed by atoms with Crippen LogP contribution in [0.5, 0.6) is 0 Å². The minimum Gasteiger partial charge on any atom is -0.383 e. The smallest absolute Gasteiger partial charge is 0.0618 e. The van der Waals surface area contributed by atoms with Gasteiger partial charge in [0.2, 0.25) is 0 Å². The lowest BCUT2D eigenvalue weighted by Crippen LogP contribution is -2.61. The lowest BCUT2D eigenvalue weighted by atomic mass is 9.95. The molecule has 2 saturated heterocycles. The summed E-state index contributed by atoms with van der Waals surface area (Å²) in [5.41, 5.74) is 5.68. The van der Waals surface area contributed by atoms with Gasteiger partial charge in [-0.25, -0.2) is 0 Å². The van der Waals surface area contributed by atoms with Gasteiger partial charge in [0.15, 0.2) is 0 Å². The summed E-state index contributed by atoms with van der Waals surface area (Å²) in [6.45, 7) is 7.76. The van der Waals surface area contributed by atoms with Crippen molar-refractivity contribution in [2.45, 2.75) is 57.2 Å². The molecular formula is C15H31N3O. The van der Waals surface area contributed by atoms with Gasteiger partial charge in [-0.05, 0) is 45.7 Å². The molecule has 4 nitrogen and oxygen atoms in total. The fourth-order valence-electron chi connectivity index (χ4n) is 3.77. The number of nitrogens with zero attached hydrogens (tertiary/aromatic N) is 2. The summed E-state index contributed by atoms with van der Waals surface area (Å²) in [5.74, 6) is 0. The molecule has 19 heavy (non-hydrogen) atoms. The summed E-state index contributed by atoms with van der Waals surface area (Å²) in [5, 5.41) is 0. The molecule has 0 amide bonds. The summed E-state index contributed by atoms with van der Waals surface area (Å²) in [7, 11) is 1.82. The van der Waals surface area contributed by atoms with E-state index in [1.54, 1.807) is 0 Å². The first-order valence-corrected chi connectivity index (χ1v) is 7.95. The van der Waals surface area contributed by atoms with Crippen molar-refractivity contribution in [3.8, 4) is 0 Å². The predicted octanol–water partition coefficient (Wildman–Crippen LogP) is 1.30. The lowest BCUT2D eigenvalue weighted by molar-refractivity contribution is -0.0284. The van der Waals surface area contributed by atoms with Gasteiger partial charge in [0, 0.05) is 38.3 Å². The molecule has 3 atom stereocenters. The maximum Gasteiger partial charge on any atom is 0.0618 e. The van der Waals surface area contributed by atoms with E-state index in [4.69, 9.17) is 10.5 Å². The number of methoxy groups -OCH3 is 1. The monoisotopic (exact) mass is 269 g/mol. The number of ether oxygens (including phenoxy) is 1. The van der Waals surface area contributed by atoms with Crippen LogP contribution in [-0.2, 0) is 4.74 Å². The second kappa shape index (κ2) is 7.58. The Morgan fingerprint density at radius 1 is 1.32 bits per heavy atom. The van der Waals surface area contributed by atoms with Gasteiger partial charge in [0.05, 0.1) is 6.61 Å². The standard InChI is InChI=1S/C15H31N3O/c1-13-10-17-9-4-3-6-14(17)11-18(13)15(12-19-2)7-5-8-16/h13-15H,3-12,16H2,1-2H3. The highest BCUT2D eigenvalue weighted by molar-refractivity contribution is 4.91. The number of hydrogen-bond acceptors (Lipinski definition) is 4. The van der Waals surface area contributed by atoms with Crippen LogP contribution in [0.15, 0.2) is 0 Å². The first kappa shape index (κ1) is 15.2. The molecule has 2 aliphatic heterocycles. The average molecular weight is 269 g/mol. The Morgan fingerprint density at radius 2 is 2.16 bits per heavy atom. The van der Waals surface area contributed by atoms with Gasteiger partial charge < -0.3 is 10.5 Å². The molecule has 0 aromatic heterocycles. The average Bonchev–Trinajstić information content (AvgIpc) is 2.43. The van der Waals surface area contributed by atoms with E-state index in [0.29, 0.717) is 12.1 Å². The second-order valence-electron chi connectivity index (χ2n) is 6.23. The van der Waals surface area contributed by atoms with Crippen LogP contribution in [0.25, 0.3) is 0 Å².